The molecule has 3 aromatic carbocycles. The summed E-state index contributed by atoms with van der Waals surface area (Å²) in [7, 11) is -4.10. The number of anilines is 1. The molecule has 2 fully saturated rings. The van der Waals surface area contributed by atoms with E-state index in [1.807, 2.05) is 71.6 Å². The Balaban J connectivity index is 1.38. The van der Waals surface area contributed by atoms with E-state index in [0.29, 0.717) is 42.3 Å². The lowest BCUT2D eigenvalue weighted by atomic mass is 9.96. The van der Waals surface area contributed by atoms with Crippen molar-refractivity contribution in [3.8, 4) is 11.1 Å². The first kappa shape index (κ1) is 30.9. The first-order chi connectivity index (χ1) is 21.2. The van der Waals surface area contributed by atoms with E-state index in [-0.39, 0.29) is 29.5 Å². The average molecular weight is 654 g/mol. The number of hydrogen-bond acceptors (Lipinski definition) is 6. The molecule has 11 heteroatoms. The van der Waals surface area contributed by atoms with Crippen molar-refractivity contribution in [2.24, 2.45) is 0 Å². The monoisotopic (exact) mass is 653 g/mol. The Morgan fingerprint density at radius 1 is 0.955 bits per heavy atom. The van der Waals surface area contributed by atoms with E-state index >= 15 is 4.39 Å². The maximum absolute atomic E-state index is 16.7. The highest BCUT2D eigenvalue weighted by Gasteiger charge is 2.42. The summed E-state index contributed by atoms with van der Waals surface area (Å²) in [5.74, 6) is -0.975. The van der Waals surface area contributed by atoms with Gasteiger partial charge in [-0.2, -0.15) is 4.31 Å². The average Bonchev–Trinajstić information content (AvgIpc) is 3.66. The van der Waals surface area contributed by atoms with Gasteiger partial charge in [0.2, 0.25) is 5.91 Å². The fraction of sp³-hybridized carbons (Fsp3) is 0.303. The second-order valence-electron chi connectivity index (χ2n) is 11.2. The van der Waals surface area contributed by atoms with Crippen LogP contribution < -0.4 is 4.90 Å². The number of piperidine rings is 1. The van der Waals surface area contributed by atoms with Crippen molar-refractivity contribution in [2.45, 2.75) is 48.7 Å². The Morgan fingerprint density at radius 2 is 1.68 bits per heavy atom. The first-order valence-corrected chi connectivity index (χ1v) is 17.3. The van der Waals surface area contributed by atoms with Crippen LogP contribution in [-0.4, -0.2) is 60.4 Å². The molecule has 2 saturated heterocycles. The van der Waals surface area contributed by atoms with E-state index < -0.39 is 33.9 Å². The summed E-state index contributed by atoms with van der Waals surface area (Å²) >= 11 is 7.05. The lowest BCUT2D eigenvalue weighted by molar-refractivity contribution is -0.123. The quantitative estimate of drug-likeness (QED) is 0.234. The summed E-state index contributed by atoms with van der Waals surface area (Å²) in [5.41, 5.74) is 2.88. The molecule has 1 N–H and O–H groups in total. The Bertz CT molecular complexity index is 1740. The van der Waals surface area contributed by atoms with Gasteiger partial charge in [0.15, 0.2) is 5.82 Å². The summed E-state index contributed by atoms with van der Waals surface area (Å²) in [6.45, 7) is 1.62. The number of carbonyl (C=O) groups is 1. The van der Waals surface area contributed by atoms with E-state index in [4.69, 9.17) is 11.6 Å². The highest BCUT2D eigenvalue weighted by atomic mass is 35.5. The van der Waals surface area contributed by atoms with Gasteiger partial charge in [-0.05, 0) is 54.2 Å². The van der Waals surface area contributed by atoms with Gasteiger partial charge in [0.25, 0.3) is 10.0 Å². The number of hydrogen-bond donors (Lipinski definition) is 1. The standard InChI is InChI=1S/C33H33ClFN3O4S2/c34-30-15-16-31(43-30)44(41,42)38(20-23-8-3-1-4-9-23)29-12-7-18-37(33(29)40)28-14-13-26(24-10-5-2-6-11-24)27(32(28)35)22-36-19-17-25(39)21-36/h1-6,8-11,13-16,25,29,39H,7,12,17-22H2. The van der Waals surface area contributed by atoms with Gasteiger partial charge in [0, 0.05) is 38.3 Å². The predicted octanol–water partition coefficient (Wildman–Crippen LogP) is 6.16. The minimum Gasteiger partial charge on any atom is -0.392 e. The normalized spacial score (nSPS) is 19.6. The molecule has 3 heterocycles. The van der Waals surface area contributed by atoms with Crippen LogP contribution in [0.4, 0.5) is 10.1 Å². The van der Waals surface area contributed by atoms with Crippen LogP contribution >= 0.6 is 22.9 Å². The van der Waals surface area contributed by atoms with Crippen LogP contribution in [0.15, 0.2) is 89.1 Å². The van der Waals surface area contributed by atoms with Crippen molar-refractivity contribution in [1.82, 2.24) is 9.21 Å². The molecule has 2 aliphatic heterocycles. The van der Waals surface area contributed by atoms with E-state index in [0.717, 1.165) is 28.0 Å². The lowest BCUT2D eigenvalue weighted by Gasteiger charge is -2.38. The van der Waals surface area contributed by atoms with Gasteiger partial charge in [-0.25, -0.2) is 12.8 Å². The molecular formula is C33H33ClFN3O4S2. The number of thiophene rings is 1. The van der Waals surface area contributed by atoms with Gasteiger partial charge in [0.05, 0.1) is 16.1 Å². The molecule has 0 spiro atoms. The number of amides is 1. The summed E-state index contributed by atoms with van der Waals surface area (Å²) in [6, 6.07) is 24.1. The molecule has 0 bridgehead atoms. The Kier molecular flexibility index (Phi) is 9.18. The molecule has 4 aromatic rings. The van der Waals surface area contributed by atoms with Crippen molar-refractivity contribution >= 4 is 44.6 Å². The van der Waals surface area contributed by atoms with Gasteiger partial charge in [-0.1, -0.05) is 78.3 Å². The molecule has 1 aromatic heterocycles. The van der Waals surface area contributed by atoms with E-state index in [1.165, 1.54) is 21.3 Å². The number of aliphatic hydroxyl groups excluding tert-OH is 1. The second kappa shape index (κ2) is 13.1. The topological polar surface area (TPSA) is 81.2 Å². The molecule has 44 heavy (non-hydrogen) atoms. The molecule has 7 nitrogen and oxygen atoms in total. The molecule has 2 atom stereocenters. The van der Waals surface area contributed by atoms with Gasteiger partial charge in [-0.3, -0.25) is 9.69 Å². The molecule has 0 aliphatic carbocycles. The third-order valence-corrected chi connectivity index (χ3v) is 11.8. The van der Waals surface area contributed by atoms with Crippen molar-refractivity contribution in [3.05, 3.63) is 106 Å². The highest BCUT2D eigenvalue weighted by molar-refractivity contribution is 7.91. The van der Waals surface area contributed by atoms with Crippen LogP contribution in [-0.2, 0) is 27.9 Å². The summed E-state index contributed by atoms with van der Waals surface area (Å²) < 4.78 is 46.3. The van der Waals surface area contributed by atoms with E-state index in [2.05, 4.69) is 0 Å². The number of likely N-dealkylation sites (tertiary alicyclic amines) is 1. The maximum atomic E-state index is 16.7. The van der Waals surface area contributed by atoms with Crippen molar-refractivity contribution in [3.63, 3.8) is 0 Å². The molecule has 1 amide bonds. The predicted molar refractivity (Wildman–Crippen MR) is 172 cm³/mol. The van der Waals surface area contributed by atoms with E-state index in [9.17, 15) is 18.3 Å². The molecule has 0 radical (unpaired) electrons. The molecule has 2 aliphatic rings. The molecule has 2 unspecified atom stereocenters. The third-order valence-electron chi connectivity index (χ3n) is 8.28. The number of rotatable bonds is 9. The van der Waals surface area contributed by atoms with Crippen LogP contribution in [0.1, 0.15) is 30.4 Å². The van der Waals surface area contributed by atoms with Crippen molar-refractivity contribution in [2.75, 3.05) is 24.5 Å². The second-order valence-corrected chi connectivity index (χ2v) is 15.0. The van der Waals surface area contributed by atoms with E-state index in [1.54, 1.807) is 6.07 Å². The third kappa shape index (κ3) is 6.33. The molecule has 230 valence electrons. The zero-order chi connectivity index (χ0) is 30.8. The van der Waals surface area contributed by atoms with Crippen LogP contribution in [0.5, 0.6) is 0 Å². The zero-order valence-electron chi connectivity index (χ0n) is 24.0. The lowest BCUT2D eigenvalue weighted by Crippen LogP contribution is -2.54. The number of carbonyl (C=O) groups excluding carboxylic acids is 1. The van der Waals surface area contributed by atoms with Gasteiger partial charge >= 0.3 is 0 Å². The molecular weight excluding hydrogens is 621 g/mol. The SMILES string of the molecule is O=C1C(N(Cc2ccccc2)S(=O)(=O)c2ccc(Cl)s2)CCCN1c1ccc(-c2ccccc2)c(CN2CCC(O)C2)c1F. The van der Waals surface area contributed by atoms with Gasteiger partial charge in [-0.15, -0.1) is 11.3 Å². The minimum absolute atomic E-state index is 0.0130. The van der Waals surface area contributed by atoms with Gasteiger partial charge in [0.1, 0.15) is 10.3 Å². The Labute approximate surface area is 266 Å². The van der Waals surface area contributed by atoms with Crippen LogP contribution in [0, 0.1) is 5.82 Å². The zero-order valence-corrected chi connectivity index (χ0v) is 26.4. The summed E-state index contributed by atoms with van der Waals surface area (Å²) in [5, 5.41) is 10.1. The summed E-state index contributed by atoms with van der Waals surface area (Å²) in [4.78, 5) is 17.6. The fourth-order valence-electron chi connectivity index (χ4n) is 6.08. The smallest absolute Gasteiger partial charge is 0.253 e. The maximum Gasteiger partial charge on any atom is 0.253 e. The number of benzene rings is 3. The molecule has 6 rings (SSSR count). The Hall–Kier alpha value is -3.12. The minimum atomic E-state index is -4.10. The number of β-amino-alcohol motifs (C(OH)–C–C–N with tert-alkyl or cyclic N) is 1. The first-order valence-electron chi connectivity index (χ1n) is 14.6. The molecule has 0 saturated carbocycles. The number of aliphatic hydroxyl groups is 1. The summed E-state index contributed by atoms with van der Waals surface area (Å²) in [6.07, 6.45) is 0.968. The highest BCUT2D eigenvalue weighted by Crippen LogP contribution is 2.37. The Morgan fingerprint density at radius 3 is 2.34 bits per heavy atom. The van der Waals surface area contributed by atoms with Gasteiger partial charge < -0.3 is 10.0 Å². The number of halogens is 2. The van der Waals surface area contributed by atoms with Crippen LogP contribution in [0.3, 0.4) is 0 Å². The number of nitrogens with zero attached hydrogens (tertiary/aromatic N) is 3. The van der Waals surface area contributed by atoms with Crippen molar-refractivity contribution in [1.29, 1.82) is 0 Å². The van der Waals surface area contributed by atoms with Crippen molar-refractivity contribution < 1.29 is 22.7 Å². The van der Waals surface area contributed by atoms with Crippen LogP contribution in [0.2, 0.25) is 4.34 Å². The largest absolute Gasteiger partial charge is 0.392 e. The number of sulfonamides is 1. The van der Waals surface area contributed by atoms with Crippen LogP contribution in [0.25, 0.3) is 11.1 Å². The fourth-order valence-corrected chi connectivity index (χ4v) is 9.29.